The van der Waals surface area contributed by atoms with Crippen LogP contribution in [-0.2, 0) is 0 Å². The lowest BCUT2D eigenvalue weighted by molar-refractivity contribution is -0.384. The summed E-state index contributed by atoms with van der Waals surface area (Å²) in [6.45, 7) is 1.98. The molecule has 0 aliphatic carbocycles. The topological polar surface area (TPSA) is 131 Å². The van der Waals surface area contributed by atoms with E-state index in [0.29, 0.717) is 5.82 Å². The Morgan fingerprint density at radius 3 is 2.62 bits per heavy atom. The van der Waals surface area contributed by atoms with Gasteiger partial charge in [0.25, 0.3) is 5.69 Å². The molecule has 8 nitrogen and oxygen atoms in total. The molecule has 0 spiro atoms. The van der Waals surface area contributed by atoms with Crippen molar-refractivity contribution in [3.63, 3.8) is 0 Å². The van der Waals surface area contributed by atoms with Gasteiger partial charge in [-0.15, -0.1) is 0 Å². The van der Waals surface area contributed by atoms with E-state index in [1.807, 2.05) is 31.2 Å². The van der Waals surface area contributed by atoms with Crippen molar-refractivity contribution in [3.05, 3.63) is 69.5 Å². The second-order valence-electron chi connectivity index (χ2n) is 5.39. The Labute approximate surface area is 137 Å². The number of hydrogen-bond donors (Lipinski definition) is 3. The lowest BCUT2D eigenvalue weighted by atomic mass is 10.1. The first-order valence-electron chi connectivity index (χ1n) is 7.18. The van der Waals surface area contributed by atoms with E-state index in [0.717, 1.165) is 11.1 Å². The maximum absolute atomic E-state index is 10.9. The molecule has 0 bridgehead atoms. The van der Waals surface area contributed by atoms with Gasteiger partial charge in [-0.1, -0.05) is 29.8 Å². The summed E-state index contributed by atoms with van der Waals surface area (Å²) in [6.07, 6.45) is 0. The Bertz CT molecular complexity index is 889. The van der Waals surface area contributed by atoms with Gasteiger partial charge in [0.2, 0.25) is 0 Å². The predicted molar refractivity (Wildman–Crippen MR) is 87.3 cm³/mol. The standard InChI is InChI=1S/C16H15N5O3/c1-9-2-4-10(5-3-9)14(17)16-18-15(19-20-16)12-8-11(21(23)24)6-7-13(12)22/h2-8,14,22H,17H2,1H3,(H,18,19,20)/t14-/m0/s1. The van der Waals surface area contributed by atoms with Crippen molar-refractivity contribution in [2.75, 3.05) is 0 Å². The van der Waals surface area contributed by atoms with E-state index in [1.165, 1.54) is 18.2 Å². The molecule has 0 radical (unpaired) electrons. The number of hydrogen-bond acceptors (Lipinski definition) is 6. The van der Waals surface area contributed by atoms with E-state index in [2.05, 4.69) is 15.2 Å². The summed E-state index contributed by atoms with van der Waals surface area (Å²) >= 11 is 0. The van der Waals surface area contributed by atoms with Gasteiger partial charge in [0.15, 0.2) is 5.82 Å². The first-order chi connectivity index (χ1) is 11.5. The minimum Gasteiger partial charge on any atom is -0.507 e. The lowest BCUT2D eigenvalue weighted by Crippen LogP contribution is -2.13. The molecule has 0 fully saturated rings. The molecule has 24 heavy (non-hydrogen) atoms. The Hall–Kier alpha value is -3.26. The molecular weight excluding hydrogens is 310 g/mol. The molecule has 0 saturated heterocycles. The Morgan fingerprint density at radius 2 is 1.96 bits per heavy atom. The van der Waals surface area contributed by atoms with Crippen molar-refractivity contribution in [2.45, 2.75) is 13.0 Å². The number of nitro benzene ring substituents is 1. The number of nitrogens with one attached hydrogen (secondary N) is 1. The van der Waals surface area contributed by atoms with E-state index in [4.69, 9.17) is 5.73 Å². The minimum atomic E-state index is -0.547. The zero-order valence-electron chi connectivity index (χ0n) is 12.8. The van der Waals surface area contributed by atoms with Crippen LogP contribution in [0, 0.1) is 17.0 Å². The number of benzene rings is 2. The summed E-state index contributed by atoms with van der Waals surface area (Å²) in [4.78, 5) is 14.6. The number of nitrogens with zero attached hydrogens (tertiary/aromatic N) is 3. The molecule has 3 rings (SSSR count). The van der Waals surface area contributed by atoms with E-state index < -0.39 is 11.0 Å². The highest BCUT2D eigenvalue weighted by Gasteiger charge is 2.18. The van der Waals surface area contributed by atoms with Crippen LogP contribution in [0.3, 0.4) is 0 Å². The molecule has 0 saturated carbocycles. The van der Waals surface area contributed by atoms with Gasteiger partial charge >= 0.3 is 0 Å². The summed E-state index contributed by atoms with van der Waals surface area (Å²) in [5, 5.41) is 27.5. The molecule has 8 heteroatoms. The van der Waals surface area contributed by atoms with Crippen LogP contribution in [0.25, 0.3) is 11.4 Å². The SMILES string of the molecule is Cc1ccc([C@H](N)c2nc(-c3cc([N+](=O)[O-])ccc3O)n[nH]2)cc1. The number of nitro groups is 1. The van der Waals surface area contributed by atoms with Gasteiger partial charge in [-0.2, -0.15) is 5.10 Å². The van der Waals surface area contributed by atoms with E-state index in [9.17, 15) is 15.2 Å². The van der Waals surface area contributed by atoms with Gasteiger partial charge in [0.1, 0.15) is 11.6 Å². The van der Waals surface area contributed by atoms with Gasteiger partial charge in [0, 0.05) is 12.1 Å². The van der Waals surface area contributed by atoms with Crippen molar-refractivity contribution >= 4 is 5.69 Å². The van der Waals surface area contributed by atoms with Crippen molar-refractivity contribution < 1.29 is 10.0 Å². The second-order valence-corrected chi connectivity index (χ2v) is 5.39. The highest BCUT2D eigenvalue weighted by molar-refractivity contribution is 5.66. The molecule has 122 valence electrons. The number of rotatable bonds is 4. The number of H-pyrrole nitrogens is 1. The van der Waals surface area contributed by atoms with Gasteiger partial charge in [-0.05, 0) is 18.6 Å². The smallest absolute Gasteiger partial charge is 0.270 e. The van der Waals surface area contributed by atoms with Gasteiger partial charge in [-0.25, -0.2) is 4.98 Å². The normalized spacial score (nSPS) is 12.1. The maximum Gasteiger partial charge on any atom is 0.270 e. The highest BCUT2D eigenvalue weighted by atomic mass is 16.6. The van der Waals surface area contributed by atoms with Crippen LogP contribution in [0.2, 0.25) is 0 Å². The van der Waals surface area contributed by atoms with Gasteiger partial charge in [-0.3, -0.25) is 15.2 Å². The largest absolute Gasteiger partial charge is 0.507 e. The number of nitrogens with two attached hydrogens (primary N) is 1. The molecule has 2 aromatic carbocycles. The van der Waals surface area contributed by atoms with E-state index in [1.54, 1.807) is 0 Å². The summed E-state index contributed by atoms with van der Waals surface area (Å²) in [5.41, 5.74) is 8.15. The Kier molecular flexibility index (Phi) is 3.97. The fraction of sp³-hybridized carbons (Fsp3) is 0.125. The maximum atomic E-state index is 10.9. The average Bonchev–Trinajstić information content (AvgIpc) is 3.05. The first kappa shape index (κ1) is 15.6. The molecule has 1 atom stereocenters. The van der Waals surface area contributed by atoms with Crippen LogP contribution >= 0.6 is 0 Å². The number of phenolic OH excluding ortho intramolecular Hbond substituents is 1. The number of phenols is 1. The third kappa shape index (κ3) is 2.95. The molecule has 0 aliphatic rings. The zero-order chi connectivity index (χ0) is 17.3. The number of aryl methyl sites for hydroxylation is 1. The average molecular weight is 325 g/mol. The van der Waals surface area contributed by atoms with E-state index in [-0.39, 0.29) is 22.8 Å². The van der Waals surface area contributed by atoms with Crippen molar-refractivity contribution in [1.29, 1.82) is 0 Å². The monoisotopic (exact) mass is 325 g/mol. The molecular formula is C16H15N5O3. The Balaban J connectivity index is 1.94. The summed E-state index contributed by atoms with van der Waals surface area (Å²) in [7, 11) is 0. The zero-order valence-corrected chi connectivity index (χ0v) is 12.8. The van der Waals surface area contributed by atoms with Gasteiger partial charge < -0.3 is 10.8 Å². The summed E-state index contributed by atoms with van der Waals surface area (Å²) in [6, 6.07) is 10.8. The quantitative estimate of drug-likeness (QED) is 0.499. The molecule has 4 N–H and O–H groups in total. The van der Waals surface area contributed by atoms with Crippen molar-refractivity contribution in [1.82, 2.24) is 15.2 Å². The lowest BCUT2D eigenvalue weighted by Gasteiger charge is -2.08. The Morgan fingerprint density at radius 1 is 1.25 bits per heavy atom. The molecule has 0 unspecified atom stereocenters. The van der Waals surface area contributed by atoms with Crippen LogP contribution in [0.5, 0.6) is 5.75 Å². The number of aromatic amines is 1. The minimum absolute atomic E-state index is 0.143. The molecule has 1 heterocycles. The molecule has 3 aromatic rings. The second kappa shape index (κ2) is 6.09. The van der Waals surface area contributed by atoms with Crippen molar-refractivity contribution in [3.8, 4) is 17.1 Å². The van der Waals surface area contributed by atoms with E-state index >= 15 is 0 Å². The van der Waals surface area contributed by atoms with Crippen LogP contribution < -0.4 is 5.73 Å². The van der Waals surface area contributed by atoms with Crippen LogP contribution in [0.15, 0.2) is 42.5 Å². The van der Waals surface area contributed by atoms with Crippen LogP contribution in [0.1, 0.15) is 23.0 Å². The molecule has 0 amide bonds. The third-order valence-electron chi connectivity index (χ3n) is 3.67. The highest BCUT2D eigenvalue weighted by Crippen LogP contribution is 2.31. The summed E-state index contributed by atoms with van der Waals surface area (Å²) in [5.74, 6) is 0.406. The van der Waals surface area contributed by atoms with Gasteiger partial charge in [0.05, 0.1) is 16.5 Å². The van der Waals surface area contributed by atoms with Crippen LogP contribution in [0.4, 0.5) is 5.69 Å². The number of aromatic nitrogens is 3. The molecule has 1 aromatic heterocycles. The number of non-ortho nitro benzene ring substituents is 1. The van der Waals surface area contributed by atoms with Crippen LogP contribution in [-0.4, -0.2) is 25.2 Å². The molecule has 0 aliphatic heterocycles. The summed E-state index contributed by atoms with van der Waals surface area (Å²) < 4.78 is 0. The predicted octanol–water partition coefficient (Wildman–Crippen LogP) is 2.44. The number of aromatic hydroxyl groups is 1. The third-order valence-corrected chi connectivity index (χ3v) is 3.67. The first-order valence-corrected chi connectivity index (χ1v) is 7.18. The fourth-order valence-electron chi connectivity index (χ4n) is 2.28. The fourth-order valence-corrected chi connectivity index (χ4v) is 2.28. The van der Waals surface area contributed by atoms with Crippen molar-refractivity contribution in [2.24, 2.45) is 5.73 Å².